The summed E-state index contributed by atoms with van der Waals surface area (Å²) >= 11 is 0. The van der Waals surface area contributed by atoms with Gasteiger partial charge in [-0.15, -0.1) is 0 Å². The standard InChI is InChI=1S/C21H25F2NO3/c1-13(2)12-27-19-9-6-15(10-20(19)26-5)21(25)24(4)14(3)17-11-16(22)7-8-18(17)23/h6-11,13-14H,12H2,1-5H3. The minimum atomic E-state index is -0.643. The predicted octanol–water partition coefficient (Wildman–Crippen LogP) is 4.84. The van der Waals surface area contributed by atoms with Gasteiger partial charge in [-0.3, -0.25) is 4.79 Å². The second-order valence-corrected chi connectivity index (χ2v) is 6.83. The van der Waals surface area contributed by atoms with Crippen LogP contribution >= 0.6 is 0 Å². The maximum Gasteiger partial charge on any atom is 0.254 e. The van der Waals surface area contributed by atoms with E-state index in [1.165, 1.54) is 12.0 Å². The first-order valence-electron chi connectivity index (χ1n) is 8.77. The van der Waals surface area contributed by atoms with Crippen LogP contribution in [0.5, 0.6) is 11.5 Å². The summed E-state index contributed by atoms with van der Waals surface area (Å²) in [5.41, 5.74) is 0.490. The van der Waals surface area contributed by atoms with E-state index in [1.54, 1.807) is 32.2 Å². The maximum absolute atomic E-state index is 14.0. The van der Waals surface area contributed by atoms with Gasteiger partial charge in [0.25, 0.3) is 5.91 Å². The van der Waals surface area contributed by atoms with Crippen molar-refractivity contribution < 1.29 is 23.0 Å². The molecule has 146 valence electrons. The summed E-state index contributed by atoms with van der Waals surface area (Å²) < 4.78 is 38.5. The van der Waals surface area contributed by atoms with Gasteiger partial charge in [-0.2, -0.15) is 0 Å². The Balaban J connectivity index is 2.24. The van der Waals surface area contributed by atoms with E-state index in [0.717, 1.165) is 18.2 Å². The monoisotopic (exact) mass is 377 g/mol. The van der Waals surface area contributed by atoms with Crippen LogP contribution in [0.1, 0.15) is 42.7 Å². The lowest BCUT2D eigenvalue weighted by Gasteiger charge is -2.26. The highest BCUT2D eigenvalue weighted by molar-refractivity contribution is 5.95. The molecule has 1 atom stereocenters. The minimum Gasteiger partial charge on any atom is -0.493 e. The van der Waals surface area contributed by atoms with Gasteiger partial charge in [-0.25, -0.2) is 8.78 Å². The van der Waals surface area contributed by atoms with Gasteiger partial charge in [0, 0.05) is 18.2 Å². The Morgan fingerprint density at radius 1 is 1.07 bits per heavy atom. The fourth-order valence-electron chi connectivity index (χ4n) is 2.60. The molecule has 0 aromatic heterocycles. The van der Waals surface area contributed by atoms with Crippen LogP contribution in [0.3, 0.4) is 0 Å². The molecule has 0 aliphatic rings. The van der Waals surface area contributed by atoms with Gasteiger partial charge in [-0.05, 0) is 49.2 Å². The number of carbonyl (C=O) groups excluding carboxylic acids is 1. The van der Waals surface area contributed by atoms with Gasteiger partial charge in [0.2, 0.25) is 0 Å². The van der Waals surface area contributed by atoms with Crippen molar-refractivity contribution in [2.24, 2.45) is 5.92 Å². The van der Waals surface area contributed by atoms with Gasteiger partial charge in [0.1, 0.15) is 11.6 Å². The van der Waals surface area contributed by atoms with Crippen LogP contribution < -0.4 is 9.47 Å². The number of halogens is 2. The largest absolute Gasteiger partial charge is 0.493 e. The van der Waals surface area contributed by atoms with Crippen molar-refractivity contribution >= 4 is 5.91 Å². The predicted molar refractivity (Wildman–Crippen MR) is 100 cm³/mol. The van der Waals surface area contributed by atoms with Crippen LogP contribution in [-0.4, -0.2) is 31.6 Å². The van der Waals surface area contributed by atoms with E-state index < -0.39 is 17.7 Å². The quantitative estimate of drug-likeness (QED) is 0.693. The zero-order chi connectivity index (χ0) is 20.1. The third-order valence-corrected chi connectivity index (χ3v) is 4.29. The Bertz CT molecular complexity index is 808. The molecule has 1 unspecified atom stereocenters. The second-order valence-electron chi connectivity index (χ2n) is 6.83. The molecular formula is C21H25F2NO3. The molecule has 4 nitrogen and oxygen atoms in total. The van der Waals surface area contributed by atoms with Crippen molar-refractivity contribution in [3.8, 4) is 11.5 Å². The number of rotatable bonds is 7. The van der Waals surface area contributed by atoms with Crippen LogP contribution in [0.4, 0.5) is 8.78 Å². The topological polar surface area (TPSA) is 38.8 Å². The third-order valence-electron chi connectivity index (χ3n) is 4.29. The molecule has 0 saturated carbocycles. The summed E-state index contributed by atoms with van der Waals surface area (Å²) in [5.74, 6) is -0.0934. The molecule has 0 fully saturated rings. The van der Waals surface area contributed by atoms with Crippen molar-refractivity contribution in [1.29, 1.82) is 0 Å². The lowest BCUT2D eigenvalue weighted by Crippen LogP contribution is -2.30. The van der Waals surface area contributed by atoms with Crippen molar-refractivity contribution in [3.63, 3.8) is 0 Å². The maximum atomic E-state index is 14.0. The van der Waals surface area contributed by atoms with E-state index >= 15 is 0 Å². The van der Waals surface area contributed by atoms with Crippen molar-refractivity contribution in [2.45, 2.75) is 26.8 Å². The van der Waals surface area contributed by atoms with E-state index in [2.05, 4.69) is 0 Å². The van der Waals surface area contributed by atoms with E-state index in [1.807, 2.05) is 13.8 Å². The van der Waals surface area contributed by atoms with Gasteiger partial charge in [0.05, 0.1) is 19.8 Å². The van der Waals surface area contributed by atoms with Gasteiger partial charge < -0.3 is 14.4 Å². The Kier molecular flexibility index (Phi) is 6.77. The Labute approximate surface area is 158 Å². The lowest BCUT2D eigenvalue weighted by atomic mass is 10.0. The fourth-order valence-corrected chi connectivity index (χ4v) is 2.60. The first-order chi connectivity index (χ1) is 12.7. The molecule has 0 aliphatic heterocycles. The highest BCUT2D eigenvalue weighted by atomic mass is 19.1. The smallest absolute Gasteiger partial charge is 0.254 e. The van der Waals surface area contributed by atoms with E-state index in [4.69, 9.17) is 9.47 Å². The number of methoxy groups -OCH3 is 1. The number of hydrogen-bond donors (Lipinski definition) is 0. The molecule has 2 rings (SSSR count). The Morgan fingerprint density at radius 2 is 1.78 bits per heavy atom. The molecule has 2 aromatic rings. The molecule has 0 aliphatic carbocycles. The second kappa shape index (κ2) is 8.84. The molecule has 0 radical (unpaired) electrons. The fraction of sp³-hybridized carbons (Fsp3) is 0.381. The molecule has 0 saturated heterocycles. The summed E-state index contributed by atoms with van der Waals surface area (Å²) in [5, 5.41) is 0. The zero-order valence-corrected chi connectivity index (χ0v) is 16.3. The average Bonchev–Trinajstić information content (AvgIpc) is 2.66. The summed E-state index contributed by atoms with van der Waals surface area (Å²) in [4.78, 5) is 14.2. The van der Waals surface area contributed by atoms with Crippen LogP contribution in [0.15, 0.2) is 36.4 Å². The van der Waals surface area contributed by atoms with Gasteiger partial charge in [-0.1, -0.05) is 13.8 Å². The van der Waals surface area contributed by atoms with Crippen LogP contribution in [-0.2, 0) is 0 Å². The molecule has 0 heterocycles. The SMILES string of the molecule is COc1cc(C(=O)N(C)C(C)c2cc(F)ccc2F)ccc1OCC(C)C. The normalized spacial score (nSPS) is 12.0. The Hall–Kier alpha value is -2.63. The number of nitrogens with zero attached hydrogens (tertiary/aromatic N) is 1. The summed E-state index contributed by atoms with van der Waals surface area (Å²) in [7, 11) is 3.05. The number of carbonyl (C=O) groups is 1. The zero-order valence-electron chi connectivity index (χ0n) is 16.3. The summed E-state index contributed by atoms with van der Waals surface area (Å²) in [6.07, 6.45) is 0. The summed E-state index contributed by atoms with van der Waals surface area (Å²) in [6, 6.07) is 7.46. The first-order valence-corrected chi connectivity index (χ1v) is 8.77. The van der Waals surface area contributed by atoms with E-state index in [9.17, 15) is 13.6 Å². The van der Waals surface area contributed by atoms with Crippen LogP contribution in [0, 0.1) is 17.6 Å². The molecule has 0 bridgehead atoms. The number of ether oxygens (including phenoxy) is 2. The lowest BCUT2D eigenvalue weighted by molar-refractivity contribution is 0.0739. The van der Waals surface area contributed by atoms with Crippen LogP contribution in [0.25, 0.3) is 0 Å². The molecule has 0 N–H and O–H groups in total. The molecular weight excluding hydrogens is 352 g/mol. The number of hydrogen-bond acceptors (Lipinski definition) is 3. The van der Waals surface area contributed by atoms with E-state index in [-0.39, 0.29) is 11.5 Å². The minimum absolute atomic E-state index is 0.120. The molecule has 0 spiro atoms. The highest BCUT2D eigenvalue weighted by Crippen LogP contribution is 2.30. The van der Waals surface area contributed by atoms with Crippen LogP contribution in [0.2, 0.25) is 0 Å². The Morgan fingerprint density at radius 3 is 2.41 bits per heavy atom. The number of amides is 1. The summed E-state index contributed by atoms with van der Waals surface area (Å²) in [6.45, 7) is 6.24. The molecule has 2 aromatic carbocycles. The number of benzene rings is 2. The van der Waals surface area contributed by atoms with Crippen molar-refractivity contribution in [2.75, 3.05) is 20.8 Å². The van der Waals surface area contributed by atoms with Crippen molar-refractivity contribution in [3.05, 3.63) is 59.2 Å². The van der Waals surface area contributed by atoms with Gasteiger partial charge in [0.15, 0.2) is 11.5 Å². The first kappa shape index (κ1) is 20.7. The van der Waals surface area contributed by atoms with Gasteiger partial charge >= 0.3 is 0 Å². The molecule has 1 amide bonds. The highest BCUT2D eigenvalue weighted by Gasteiger charge is 2.23. The average molecular weight is 377 g/mol. The third kappa shape index (κ3) is 4.96. The van der Waals surface area contributed by atoms with Crippen molar-refractivity contribution in [1.82, 2.24) is 4.90 Å². The molecule has 6 heteroatoms. The molecule has 27 heavy (non-hydrogen) atoms. The van der Waals surface area contributed by atoms with E-state index in [0.29, 0.717) is 29.6 Å².